The van der Waals surface area contributed by atoms with Gasteiger partial charge in [0.15, 0.2) is 18.1 Å². The molecule has 7 unspecified atom stereocenters. The molecule has 38 heteroatoms. The molecule has 10 atom stereocenters. The molecule has 11 heterocycles. The summed E-state index contributed by atoms with van der Waals surface area (Å²) in [7, 11) is 4.77. The lowest BCUT2D eigenvalue weighted by molar-refractivity contribution is -0.280. The van der Waals surface area contributed by atoms with Crippen molar-refractivity contribution in [1.82, 2.24) is 66.1 Å². The van der Waals surface area contributed by atoms with Crippen LogP contribution in [0.15, 0.2) is 63.1 Å². The van der Waals surface area contributed by atoms with Gasteiger partial charge in [-0.05, 0) is 53.9 Å². The lowest BCUT2D eigenvalue weighted by atomic mass is 9.85. The maximum atomic E-state index is 15.9. The number of ether oxygens (including phenoxy) is 6. The summed E-state index contributed by atoms with van der Waals surface area (Å²) < 4.78 is 53.5. The number of fused-ring (bicyclic) bond motifs is 15. The number of carbonyl (C=O) groups excluding carboxylic acids is 8. The van der Waals surface area contributed by atoms with Crippen molar-refractivity contribution in [2.24, 2.45) is 5.73 Å². The fourth-order valence-corrected chi connectivity index (χ4v) is 16.0. The summed E-state index contributed by atoms with van der Waals surface area (Å²) in [6, 6.07) is -2.30. The van der Waals surface area contributed by atoms with Crippen LogP contribution >= 0.6 is 56.7 Å². The van der Waals surface area contributed by atoms with E-state index in [4.69, 9.17) is 49.1 Å². The number of esters is 2. The van der Waals surface area contributed by atoms with Crippen molar-refractivity contribution in [3.05, 3.63) is 124 Å². The molecule has 12 bridgehead atoms. The predicted molar refractivity (Wildman–Crippen MR) is 350 cm³/mol. The number of methoxy groups -OCH3 is 1. The van der Waals surface area contributed by atoms with Gasteiger partial charge in [0.25, 0.3) is 29.5 Å². The van der Waals surface area contributed by atoms with E-state index in [1.165, 1.54) is 53.9 Å². The average Bonchev–Trinajstić information content (AvgIpc) is 1.64. The Hall–Kier alpha value is -9.61. The van der Waals surface area contributed by atoms with Gasteiger partial charge in [0.1, 0.15) is 125 Å². The number of thiazole rings is 5. The highest BCUT2D eigenvalue weighted by Crippen LogP contribution is 2.43. The highest BCUT2D eigenvalue weighted by molar-refractivity contribution is 7.14. The molecule has 4 aliphatic rings. The highest BCUT2D eigenvalue weighted by Gasteiger charge is 2.50. The van der Waals surface area contributed by atoms with E-state index in [-0.39, 0.29) is 110 Å². The second-order valence-electron chi connectivity index (χ2n) is 23.5. The van der Waals surface area contributed by atoms with Crippen LogP contribution in [0.1, 0.15) is 125 Å². The van der Waals surface area contributed by atoms with Crippen LogP contribution in [0.25, 0.3) is 49.3 Å². The fraction of sp³-hybridized carbons (Fsp3) is 0.344. The first-order chi connectivity index (χ1) is 47.1. The first kappa shape index (κ1) is 69.3. The zero-order valence-electron chi connectivity index (χ0n) is 52.9. The van der Waals surface area contributed by atoms with Crippen molar-refractivity contribution in [2.45, 2.75) is 108 Å². The number of aromatic hydroxyl groups is 1. The van der Waals surface area contributed by atoms with Crippen LogP contribution < -0.4 is 32.3 Å². The van der Waals surface area contributed by atoms with E-state index >= 15 is 18.8 Å². The number of pyridine rings is 1. The number of halogens is 1. The number of hydrogen-bond acceptors (Lipinski definition) is 30. The molecule has 1 fully saturated rings. The number of likely N-dealkylation sites (N-methyl/N-ethyl adjacent to an activating group) is 1. The van der Waals surface area contributed by atoms with Gasteiger partial charge in [0.05, 0.1) is 48.8 Å². The van der Waals surface area contributed by atoms with Gasteiger partial charge in [0.2, 0.25) is 5.91 Å². The van der Waals surface area contributed by atoms with E-state index in [0.717, 1.165) is 68.8 Å². The first-order valence-corrected chi connectivity index (χ1v) is 34.2. The number of aliphatic hydroxyl groups excluding tert-OH is 1. The topological polar surface area (TPSA) is 445 Å². The van der Waals surface area contributed by atoms with Crippen LogP contribution in [-0.2, 0) is 56.0 Å². The molecule has 4 aliphatic heterocycles. The standard InChI is InChI=1S/C61H59FN14O18S5/c1-21(48(63)79)64-49(80)31-18-98-57(69-31)42-36(78)11-27-41(71-42)30-16-96-55(66-30)29-15-92-59(85)44-28-14-90-45(46(94-37-12-61(5,87)47(75(6)7)24(4)93-37)60(86)91-13-25-9-26(62)10-35(38(25)28)76(44)88)43(58-70-32(19-99-58)50(81)65-29)74-52(83)34-20-97-56(68-34)40(23(3)89-8)73-53(84)39(22(2)77)72-51(82)33-17-95-54(27)67-33/h9-11,16-20,22,24,29,37,39,43,45-47,77-78,87-88H,1,12-15H2,2-8H3,(H2,63,79)(H,64,80)(H,65,81)(H,72,82)(H,73,84)(H,74,83)/b40-23+/t22?,24-,29?,37?,39?,43?,45?,46?,47+,61-/m0/s1. The Kier molecular flexibility index (Phi) is 19.3. The molecule has 6 amide bonds. The third kappa shape index (κ3) is 13.7. The van der Waals surface area contributed by atoms with Crippen molar-refractivity contribution in [3.8, 4) is 38.4 Å². The Morgan fingerprint density at radius 1 is 0.859 bits per heavy atom. The lowest BCUT2D eigenvalue weighted by Gasteiger charge is -2.48. The summed E-state index contributed by atoms with van der Waals surface area (Å²) in [6.45, 7) is 7.13. The number of primary amides is 1. The van der Waals surface area contributed by atoms with Crippen molar-refractivity contribution in [1.29, 1.82) is 0 Å². The number of allylic oxidation sites excluding steroid dienone is 1. The summed E-state index contributed by atoms with van der Waals surface area (Å²) in [5.74, 6) is -9.64. The minimum absolute atomic E-state index is 0.00358. The molecule has 0 aliphatic carbocycles. The zero-order chi connectivity index (χ0) is 70.8. The number of hydrogen-bond donors (Lipinski definition) is 10. The molecule has 0 spiro atoms. The van der Waals surface area contributed by atoms with Crippen LogP contribution in [0, 0.1) is 5.82 Å². The van der Waals surface area contributed by atoms with E-state index in [1.807, 2.05) is 0 Å². The fourth-order valence-electron chi connectivity index (χ4n) is 11.8. The van der Waals surface area contributed by atoms with Crippen LogP contribution in [0.4, 0.5) is 4.39 Å². The molecule has 99 heavy (non-hydrogen) atoms. The summed E-state index contributed by atoms with van der Waals surface area (Å²) in [4.78, 5) is 143. The molecule has 32 nitrogen and oxygen atoms in total. The normalized spacial score (nSPS) is 23.9. The van der Waals surface area contributed by atoms with Gasteiger partial charge >= 0.3 is 11.9 Å². The van der Waals surface area contributed by atoms with E-state index in [0.29, 0.717) is 4.73 Å². The maximum Gasteiger partial charge on any atom is 0.358 e. The second-order valence-corrected chi connectivity index (χ2v) is 27.8. The molecular weight excluding hydrogens is 1400 g/mol. The van der Waals surface area contributed by atoms with Crippen molar-refractivity contribution in [3.63, 3.8) is 0 Å². The number of aliphatic hydroxyl groups is 2. The predicted octanol–water partition coefficient (Wildman–Crippen LogP) is 4.03. The van der Waals surface area contributed by atoms with Gasteiger partial charge in [-0.25, -0.2) is 43.9 Å². The smallest absolute Gasteiger partial charge is 0.358 e. The highest BCUT2D eigenvalue weighted by atomic mass is 32.1. The van der Waals surface area contributed by atoms with Gasteiger partial charge in [-0.15, -0.1) is 56.7 Å². The van der Waals surface area contributed by atoms with Crippen LogP contribution in [-0.4, -0.2) is 184 Å². The molecule has 0 radical (unpaired) electrons. The molecular formula is C61H59FN14O18S5. The third-order valence-electron chi connectivity index (χ3n) is 16.4. The van der Waals surface area contributed by atoms with Crippen LogP contribution in [0.3, 0.4) is 0 Å². The molecule has 0 saturated carbocycles. The van der Waals surface area contributed by atoms with Gasteiger partial charge in [-0.3, -0.25) is 28.8 Å². The van der Waals surface area contributed by atoms with Gasteiger partial charge in [0, 0.05) is 61.5 Å². The molecule has 8 aromatic rings. The van der Waals surface area contributed by atoms with Crippen molar-refractivity contribution in [2.75, 3.05) is 27.8 Å². The number of rotatable bonds is 9. The maximum absolute atomic E-state index is 15.9. The Morgan fingerprint density at radius 3 is 2.22 bits per heavy atom. The number of nitrogens with zero attached hydrogens (tertiary/aromatic N) is 8. The molecule has 1 saturated heterocycles. The van der Waals surface area contributed by atoms with Crippen LogP contribution in [0.5, 0.6) is 5.75 Å². The summed E-state index contributed by atoms with van der Waals surface area (Å²) in [5.41, 5.74) is 0.647. The van der Waals surface area contributed by atoms with Gasteiger partial charge in [-0.1, -0.05) is 6.58 Å². The second kappa shape index (κ2) is 27.6. The molecule has 7 aromatic heterocycles. The van der Waals surface area contributed by atoms with E-state index in [2.05, 4.69) is 48.1 Å². The zero-order valence-corrected chi connectivity index (χ0v) is 57.0. The van der Waals surface area contributed by atoms with E-state index < -0.39 is 151 Å². The minimum Gasteiger partial charge on any atom is -0.506 e. The number of carbonyl (C=O) groups is 8. The van der Waals surface area contributed by atoms with E-state index in [9.17, 15) is 44.5 Å². The van der Waals surface area contributed by atoms with Crippen LogP contribution in [0.2, 0.25) is 0 Å². The van der Waals surface area contributed by atoms with E-state index in [1.54, 1.807) is 32.8 Å². The summed E-state index contributed by atoms with van der Waals surface area (Å²) in [5, 5.41) is 66.6. The summed E-state index contributed by atoms with van der Waals surface area (Å²) in [6.07, 6.45) is -7.91. The SMILES string of the molecule is C=C(NC(=O)c1csc(-c2nc3c(cc2O)-c2nc(cs2)C(=O)NC(C(C)O)C(=O)N/C(=C(\C)OC)c2nc(cs2)C(=O)NC2c4nc(cs4)C(=O)NC(COC(=O)c4c5c6c(cc(F)cc6n4O)COC(=O)C(OC4C[C@](C)(O)[C@H](N(C)C)[C@H](C)O4)C2OC5)c2nc-3cs2)n1)C(N)=O. The molecule has 1 aromatic carbocycles. The Labute approximate surface area is 578 Å². The summed E-state index contributed by atoms with van der Waals surface area (Å²) >= 11 is 4.31. The number of nitrogens with one attached hydrogen (secondary N) is 5. The number of benzene rings is 1. The number of nitrogens with two attached hydrogens (primary N) is 1. The lowest BCUT2D eigenvalue weighted by Crippen LogP contribution is -2.62. The van der Waals surface area contributed by atoms with Crippen molar-refractivity contribution >= 4 is 121 Å². The minimum atomic E-state index is -2.02. The largest absolute Gasteiger partial charge is 0.506 e. The molecule has 518 valence electrons. The quantitative estimate of drug-likeness (QED) is 0.0422. The number of cyclic esters (lactones) is 2. The van der Waals surface area contributed by atoms with Gasteiger partial charge < -0.3 is 86.2 Å². The number of aromatic nitrogens is 7. The Balaban J connectivity index is 1.05. The first-order valence-electron chi connectivity index (χ1n) is 29.8. The average molecular weight is 1460 g/mol. The monoisotopic (exact) mass is 1450 g/mol. The third-order valence-corrected chi connectivity index (χ3v) is 20.8. The van der Waals surface area contributed by atoms with Gasteiger partial charge in [-0.2, -0.15) is 4.73 Å². The Morgan fingerprint density at radius 2 is 1.52 bits per heavy atom. The van der Waals surface area contributed by atoms with Crippen molar-refractivity contribution < 1.29 is 91.7 Å². The molecule has 12 rings (SSSR count). The molecule has 11 N–H and O–H groups in total. The number of amides is 6. The Bertz CT molecular complexity index is 4670.